The van der Waals surface area contributed by atoms with Crippen molar-refractivity contribution in [1.29, 1.82) is 0 Å². The number of hydrogen-bond acceptors (Lipinski definition) is 4. The number of carboxylic acid groups (broad SMARTS) is 1. The molecule has 6 nitrogen and oxygen atoms in total. The van der Waals surface area contributed by atoms with Gasteiger partial charge in [-0.15, -0.1) is 0 Å². The van der Waals surface area contributed by atoms with E-state index in [9.17, 15) is 9.59 Å². The van der Waals surface area contributed by atoms with Crippen LogP contribution in [0.15, 0.2) is 42.6 Å². The smallest absolute Gasteiger partial charge is 0.335 e. The van der Waals surface area contributed by atoms with Gasteiger partial charge >= 0.3 is 5.97 Å². The molecule has 0 radical (unpaired) electrons. The topological polar surface area (TPSA) is 79.7 Å². The van der Waals surface area contributed by atoms with Crippen LogP contribution >= 0.6 is 0 Å². The third-order valence-electron chi connectivity index (χ3n) is 4.89. The number of piperidine rings is 1. The number of carboxylic acids is 1. The molecule has 1 unspecified atom stereocenters. The van der Waals surface area contributed by atoms with Gasteiger partial charge < -0.3 is 14.7 Å². The zero-order valence-electron chi connectivity index (χ0n) is 15.4. The molecule has 1 atom stereocenters. The number of ether oxygens (including phenoxy) is 1. The highest BCUT2D eigenvalue weighted by Gasteiger charge is 2.23. The summed E-state index contributed by atoms with van der Waals surface area (Å²) in [6.07, 6.45) is 4.82. The second kappa shape index (κ2) is 8.77. The first-order valence-electron chi connectivity index (χ1n) is 9.12. The molecule has 1 aromatic carbocycles. The molecule has 0 saturated carbocycles. The van der Waals surface area contributed by atoms with Crippen molar-refractivity contribution < 1.29 is 19.4 Å². The van der Waals surface area contributed by atoms with Crippen LogP contribution in [-0.4, -0.2) is 53.7 Å². The van der Waals surface area contributed by atoms with E-state index in [0.717, 1.165) is 49.2 Å². The number of aromatic carboxylic acids is 1. The average Bonchev–Trinajstić information content (AvgIpc) is 2.69. The van der Waals surface area contributed by atoms with Crippen LogP contribution in [0, 0.1) is 5.92 Å². The molecular formula is C21H24N2O4. The number of carbonyl (C=O) groups excluding carboxylic acids is 1. The third-order valence-corrected chi connectivity index (χ3v) is 4.89. The van der Waals surface area contributed by atoms with Gasteiger partial charge in [0.15, 0.2) is 0 Å². The Kier molecular flexibility index (Phi) is 6.19. The molecule has 6 heteroatoms. The first kappa shape index (κ1) is 19.0. The highest BCUT2D eigenvalue weighted by Crippen LogP contribution is 2.23. The number of nitrogens with zero attached hydrogens (tertiary/aromatic N) is 2. The van der Waals surface area contributed by atoms with E-state index < -0.39 is 5.97 Å². The van der Waals surface area contributed by atoms with Gasteiger partial charge in [-0.2, -0.15) is 0 Å². The summed E-state index contributed by atoms with van der Waals surface area (Å²) in [5.41, 5.74) is 2.92. The van der Waals surface area contributed by atoms with Gasteiger partial charge in [-0.05, 0) is 48.9 Å². The maximum absolute atomic E-state index is 12.0. The number of likely N-dealkylation sites (tertiary alicyclic amines) is 1. The maximum Gasteiger partial charge on any atom is 0.335 e. The number of carbonyl (C=O) groups is 2. The van der Waals surface area contributed by atoms with Crippen LogP contribution in [0.3, 0.4) is 0 Å². The minimum atomic E-state index is -0.946. The van der Waals surface area contributed by atoms with Crippen LogP contribution in [-0.2, 0) is 16.0 Å². The zero-order chi connectivity index (χ0) is 19.2. The van der Waals surface area contributed by atoms with Gasteiger partial charge in [0.25, 0.3) is 0 Å². The van der Waals surface area contributed by atoms with Crippen molar-refractivity contribution in [1.82, 2.24) is 9.88 Å². The van der Waals surface area contributed by atoms with E-state index in [1.54, 1.807) is 25.3 Å². The summed E-state index contributed by atoms with van der Waals surface area (Å²) in [4.78, 5) is 29.5. The predicted molar refractivity (Wildman–Crippen MR) is 102 cm³/mol. The minimum absolute atomic E-state index is 0.0500. The normalized spacial score (nSPS) is 16.9. The van der Waals surface area contributed by atoms with Gasteiger partial charge in [-0.3, -0.25) is 9.78 Å². The fourth-order valence-corrected chi connectivity index (χ4v) is 3.53. The quantitative estimate of drug-likeness (QED) is 0.848. The summed E-state index contributed by atoms with van der Waals surface area (Å²) in [5, 5.41) is 9.12. The van der Waals surface area contributed by atoms with Gasteiger partial charge in [-0.1, -0.05) is 18.2 Å². The van der Waals surface area contributed by atoms with E-state index >= 15 is 0 Å². The molecule has 3 rings (SSSR count). The number of rotatable bonds is 6. The van der Waals surface area contributed by atoms with Crippen LogP contribution in [0.5, 0.6) is 0 Å². The van der Waals surface area contributed by atoms with Crippen molar-refractivity contribution in [3.63, 3.8) is 0 Å². The fourth-order valence-electron chi connectivity index (χ4n) is 3.53. The van der Waals surface area contributed by atoms with E-state index in [2.05, 4.69) is 4.98 Å². The van der Waals surface area contributed by atoms with Gasteiger partial charge in [0.2, 0.25) is 5.91 Å². The second-order valence-electron chi connectivity index (χ2n) is 6.92. The van der Waals surface area contributed by atoms with E-state index in [0.29, 0.717) is 5.92 Å². The molecule has 1 amide bonds. The SMILES string of the molecule is COCC(=O)N1CCCC(Cc2ccc(-c3cccc(C(=O)O)c3)nc2)C1. The first-order chi connectivity index (χ1) is 13.1. The lowest BCUT2D eigenvalue weighted by molar-refractivity contribution is -0.136. The van der Waals surface area contributed by atoms with Gasteiger partial charge in [-0.25, -0.2) is 4.79 Å². The Morgan fingerprint density at radius 3 is 2.85 bits per heavy atom. The summed E-state index contributed by atoms with van der Waals surface area (Å²) in [6.45, 7) is 1.69. The van der Waals surface area contributed by atoms with E-state index in [1.165, 1.54) is 0 Å². The third kappa shape index (κ3) is 4.92. The molecule has 1 aliphatic rings. The number of hydrogen-bond donors (Lipinski definition) is 1. The van der Waals surface area contributed by atoms with Crippen LogP contribution in [0.4, 0.5) is 0 Å². The van der Waals surface area contributed by atoms with E-state index in [-0.39, 0.29) is 18.1 Å². The Bertz CT molecular complexity index is 804. The molecule has 0 bridgehead atoms. The molecular weight excluding hydrogens is 344 g/mol. The first-order valence-corrected chi connectivity index (χ1v) is 9.12. The van der Waals surface area contributed by atoms with E-state index in [1.807, 2.05) is 29.3 Å². The van der Waals surface area contributed by atoms with Crippen LogP contribution in [0.2, 0.25) is 0 Å². The molecule has 27 heavy (non-hydrogen) atoms. The highest BCUT2D eigenvalue weighted by atomic mass is 16.5. The zero-order valence-corrected chi connectivity index (χ0v) is 15.4. The molecule has 1 fully saturated rings. The Hall–Kier alpha value is -2.73. The number of methoxy groups -OCH3 is 1. The second-order valence-corrected chi connectivity index (χ2v) is 6.92. The number of aromatic nitrogens is 1. The molecule has 1 saturated heterocycles. The summed E-state index contributed by atoms with van der Waals surface area (Å²) in [5.74, 6) is -0.477. The lowest BCUT2D eigenvalue weighted by Gasteiger charge is -2.32. The Balaban J connectivity index is 1.65. The van der Waals surface area contributed by atoms with Crippen molar-refractivity contribution in [2.24, 2.45) is 5.92 Å². The molecule has 1 N–H and O–H groups in total. The lowest BCUT2D eigenvalue weighted by atomic mass is 9.91. The monoisotopic (exact) mass is 368 g/mol. The summed E-state index contributed by atoms with van der Waals surface area (Å²) < 4.78 is 4.95. The van der Waals surface area contributed by atoms with Gasteiger partial charge in [0.1, 0.15) is 6.61 Å². The van der Waals surface area contributed by atoms with Crippen LogP contribution < -0.4 is 0 Å². The van der Waals surface area contributed by atoms with Gasteiger partial charge in [0.05, 0.1) is 11.3 Å². The molecule has 1 aromatic heterocycles. The van der Waals surface area contributed by atoms with Crippen LogP contribution in [0.25, 0.3) is 11.3 Å². The molecule has 2 aromatic rings. The predicted octanol–water partition coefficient (Wildman–Crippen LogP) is 2.87. The van der Waals surface area contributed by atoms with Crippen molar-refractivity contribution in [3.8, 4) is 11.3 Å². The summed E-state index contributed by atoms with van der Waals surface area (Å²) >= 11 is 0. The van der Waals surface area contributed by atoms with Crippen molar-refractivity contribution in [2.75, 3.05) is 26.8 Å². The maximum atomic E-state index is 12.0. The Morgan fingerprint density at radius 2 is 2.15 bits per heavy atom. The largest absolute Gasteiger partial charge is 0.478 e. The van der Waals surface area contributed by atoms with Crippen LogP contribution in [0.1, 0.15) is 28.8 Å². The standard InChI is InChI=1S/C21H24N2O4/c1-27-14-20(24)23-9-3-4-16(13-23)10-15-7-8-19(22-12-15)17-5-2-6-18(11-17)21(25)26/h2,5-8,11-12,16H,3-4,9-10,13-14H2,1H3,(H,25,26). The Morgan fingerprint density at radius 1 is 1.30 bits per heavy atom. The van der Waals surface area contributed by atoms with E-state index in [4.69, 9.17) is 9.84 Å². The Labute approximate surface area is 158 Å². The molecule has 2 heterocycles. The average molecular weight is 368 g/mol. The lowest BCUT2D eigenvalue weighted by Crippen LogP contribution is -2.42. The minimum Gasteiger partial charge on any atom is -0.478 e. The fraction of sp³-hybridized carbons (Fsp3) is 0.381. The molecule has 0 aliphatic carbocycles. The molecule has 0 spiro atoms. The number of amides is 1. The van der Waals surface area contributed by atoms with Gasteiger partial charge in [0, 0.05) is 32.0 Å². The number of benzene rings is 1. The summed E-state index contributed by atoms with van der Waals surface area (Å²) in [7, 11) is 1.54. The highest BCUT2D eigenvalue weighted by molar-refractivity contribution is 5.89. The molecule has 1 aliphatic heterocycles. The van der Waals surface area contributed by atoms with Crippen molar-refractivity contribution in [3.05, 3.63) is 53.7 Å². The van der Waals surface area contributed by atoms with Crippen molar-refractivity contribution in [2.45, 2.75) is 19.3 Å². The van der Waals surface area contributed by atoms with Crippen molar-refractivity contribution >= 4 is 11.9 Å². The number of pyridine rings is 1. The molecule has 142 valence electrons. The summed E-state index contributed by atoms with van der Waals surface area (Å²) in [6, 6.07) is 10.7.